The standard InChI is InChI=1S/C14H13BrN2O3S/c15-10-4-12-13(20-2-1-19-12)5-11(10)17-6-9-3-8(7-21-9)14(16)18/h3-5,7,17H,1-2,6H2,(H2,16,18). The van der Waals surface area contributed by atoms with Crippen LogP contribution in [0.5, 0.6) is 11.5 Å². The lowest BCUT2D eigenvalue weighted by Gasteiger charge is -2.20. The maximum absolute atomic E-state index is 11.1. The number of ether oxygens (including phenoxy) is 2. The molecule has 0 bridgehead atoms. The molecule has 110 valence electrons. The number of thiophene rings is 1. The summed E-state index contributed by atoms with van der Waals surface area (Å²) in [4.78, 5) is 12.1. The number of carbonyl (C=O) groups excluding carboxylic acids is 1. The molecular weight excluding hydrogens is 356 g/mol. The molecule has 0 fully saturated rings. The summed E-state index contributed by atoms with van der Waals surface area (Å²) in [5.74, 6) is 1.07. The van der Waals surface area contributed by atoms with Gasteiger partial charge in [0.1, 0.15) is 13.2 Å². The van der Waals surface area contributed by atoms with Gasteiger partial charge in [0, 0.05) is 33.4 Å². The Morgan fingerprint density at radius 1 is 1.29 bits per heavy atom. The molecule has 0 atom stereocenters. The Labute approximate surface area is 134 Å². The van der Waals surface area contributed by atoms with Gasteiger partial charge in [-0.3, -0.25) is 4.79 Å². The number of benzene rings is 1. The predicted molar refractivity (Wildman–Crippen MR) is 85.3 cm³/mol. The average Bonchev–Trinajstić information content (AvgIpc) is 2.94. The first-order valence-corrected chi connectivity index (χ1v) is 8.01. The maximum Gasteiger partial charge on any atom is 0.249 e. The molecular formula is C14H13BrN2O3S. The quantitative estimate of drug-likeness (QED) is 0.869. The Hall–Kier alpha value is -1.73. The van der Waals surface area contributed by atoms with E-state index in [1.807, 2.05) is 12.1 Å². The van der Waals surface area contributed by atoms with Crippen LogP contribution < -0.4 is 20.5 Å². The molecule has 0 aliphatic carbocycles. The molecule has 1 aliphatic rings. The van der Waals surface area contributed by atoms with E-state index >= 15 is 0 Å². The molecule has 1 aliphatic heterocycles. The van der Waals surface area contributed by atoms with Crippen molar-refractivity contribution in [1.82, 2.24) is 0 Å². The van der Waals surface area contributed by atoms with Crippen molar-refractivity contribution in [2.75, 3.05) is 18.5 Å². The van der Waals surface area contributed by atoms with E-state index < -0.39 is 5.91 Å². The highest BCUT2D eigenvalue weighted by atomic mass is 79.9. The predicted octanol–water partition coefficient (Wildman–Crippen LogP) is 2.99. The molecule has 0 unspecified atom stereocenters. The number of hydrogen-bond acceptors (Lipinski definition) is 5. The number of carbonyl (C=O) groups is 1. The third-order valence-corrected chi connectivity index (χ3v) is 4.62. The Kier molecular flexibility index (Phi) is 4.03. The Bertz CT molecular complexity index is 687. The van der Waals surface area contributed by atoms with E-state index in [1.54, 1.807) is 11.4 Å². The number of halogens is 1. The molecule has 1 aromatic carbocycles. The van der Waals surface area contributed by atoms with Crippen molar-refractivity contribution in [3.8, 4) is 11.5 Å². The monoisotopic (exact) mass is 368 g/mol. The lowest BCUT2D eigenvalue weighted by atomic mass is 10.2. The number of nitrogens with two attached hydrogens (primary N) is 1. The molecule has 0 saturated heterocycles. The van der Waals surface area contributed by atoms with Crippen molar-refractivity contribution in [2.24, 2.45) is 5.73 Å². The number of nitrogens with one attached hydrogen (secondary N) is 1. The lowest BCUT2D eigenvalue weighted by molar-refractivity contribution is 0.100. The van der Waals surface area contributed by atoms with Crippen LogP contribution in [0.2, 0.25) is 0 Å². The van der Waals surface area contributed by atoms with E-state index in [4.69, 9.17) is 15.2 Å². The van der Waals surface area contributed by atoms with Crippen LogP contribution in [0.25, 0.3) is 0 Å². The topological polar surface area (TPSA) is 73.6 Å². The zero-order valence-electron chi connectivity index (χ0n) is 11.0. The number of amides is 1. The van der Waals surface area contributed by atoms with E-state index in [9.17, 15) is 4.79 Å². The number of fused-ring (bicyclic) bond motifs is 1. The zero-order chi connectivity index (χ0) is 14.8. The van der Waals surface area contributed by atoms with Crippen LogP contribution in [-0.4, -0.2) is 19.1 Å². The second-order valence-electron chi connectivity index (χ2n) is 4.50. The summed E-state index contributed by atoms with van der Waals surface area (Å²) in [7, 11) is 0. The van der Waals surface area contributed by atoms with Gasteiger partial charge in [0.2, 0.25) is 5.91 Å². The molecule has 3 rings (SSSR count). The normalized spacial score (nSPS) is 13.0. The molecule has 0 radical (unpaired) electrons. The third-order valence-electron chi connectivity index (χ3n) is 3.02. The van der Waals surface area contributed by atoms with Gasteiger partial charge < -0.3 is 20.5 Å². The van der Waals surface area contributed by atoms with Crippen molar-refractivity contribution in [3.05, 3.63) is 38.5 Å². The molecule has 3 N–H and O–H groups in total. The molecule has 5 nitrogen and oxygen atoms in total. The molecule has 2 aromatic rings. The van der Waals surface area contributed by atoms with Gasteiger partial charge in [0.05, 0.1) is 11.3 Å². The van der Waals surface area contributed by atoms with Crippen LogP contribution in [0, 0.1) is 0 Å². The van der Waals surface area contributed by atoms with E-state index in [1.165, 1.54) is 11.3 Å². The number of anilines is 1. The van der Waals surface area contributed by atoms with Crippen LogP contribution in [-0.2, 0) is 6.54 Å². The molecule has 1 amide bonds. The Morgan fingerprint density at radius 2 is 2.00 bits per heavy atom. The van der Waals surface area contributed by atoms with Gasteiger partial charge in [-0.1, -0.05) is 0 Å². The number of hydrogen-bond donors (Lipinski definition) is 2. The molecule has 0 saturated carbocycles. The zero-order valence-corrected chi connectivity index (χ0v) is 13.4. The van der Waals surface area contributed by atoms with E-state index in [-0.39, 0.29) is 0 Å². The molecule has 1 aromatic heterocycles. The summed E-state index contributed by atoms with van der Waals surface area (Å²) in [6, 6.07) is 5.59. The minimum absolute atomic E-state index is 0.405. The van der Waals surface area contributed by atoms with Crippen molar-refractivity contribution >= 4 is 38.9 Å². The molecule has 2 heterocycles. The fourth-order valence-corrected chi connectivity index (χ4v) is 3.26. The Balaban J connectivity index is 1.73. The highest BCUT2D eigenvalue weighted by Crippen LogP contribution is 2.38. The molecule has 7 heteroatoms. The van der Waals surface area contributed by atoms with Crippen molar-refractivity contribution < 1.29 is 14.3 Å². The van der Waals surface area contributed by atoms with E-state index in [0.29, 0.717) is 25.3 Å². The largest absolute Gasteiger partial charge is 0.486 e. The van der Waals surface area contributed by atoms with E-state index in [2.05, 4.69) is 21.2 Å². The second kappa shape index (κ2) is 5.95. The van der Waals surface area contributed by atoms with Crippen LogP contribution >= 0.6 is 27.3 Å². The minimum atomic E-state index is -0.405. The first-order valence-electron chi connectivity index (χ1n) is 6.34. The summed E-state index contributed by atoms with van der Waals surface area (Å²) < 4.78 is 12.0. The van der Waals surface area contributed by atoms with Crippen LogP contribution in [0.15, 0.2) is 28.1 Å². The fraction of sp³-hybridized carbons (Fsp3) is 0.214. The van der Waals surface area contributed by atoms with Gasteiger partial charge in [-0.25, -0.2) is 0 Å². The summed E-state index contributed by atoms with van der Waals surface area (Å²) >= 11 is 5.01. The summed E-state index contributed by atoms with van der Waals surface area (Å²) in [5.41, 5.74) is 6.69. The molecule has 0 spiro atoms. The van der Waals surface area contributed by atoms with Gasteiger partial charge in [-0.15, -0.1) is 11.3 Å². The van der Waals surface area contributed by atoms with Crippen LogP contribution in [0.4, 0.5) is 5.69 Å². The second-order valence-corrected chi connectivity index (χ2v) is 6.35. The third kappa shape index (κ3) is 3.14. The summed E-state index contributed by atoms with van der Waals surface area (Å²) in [6.07, 6.45) is 0. The smallest absolute Gasteiger partial charge is 0.249 e. The van der Waals surface area contributed by atoms with Gasteiger partial charge in [-0.2, -0.15) is 0 Å². The van der Waals surface area contributed by atoms with Crippen LogP contribution in [0.3, 0.4) is 0 Å². The fourth-order valence-electron chi connectivity index (χ4n) is 1.98. The number of rotatable bonds is 4. The number of primary amides is 1. The van der Waals surface area contributed by atoms with Gasteiger partial charge in [0.25, 0.3) is 0 Å². The SMILES string of the molecule is NC(=O)c1csc(CNc2cc3c(cc2Br)OCCO3)c1. The summed E-state index contributed by atoms with van der Waals surface area (Å²) in [6.45, 7) is 1.73. The summed E-state index contributed by atoms with van der Waals surface area (Å²) in [5, 5.41) is 5.07. The van der Waals surface area contributed by atoms with Crippen molar-refractivity contribution in [1.29, 1.82) is 0 Å². The van der Waals surface area contributed by atoms with Crippen LogP contribution in [0.1, 0.15) is 15.2 Å². The van der Waals surface area contributed by atoms with Crippen molar-refractivity contribution in [2.45, 2.75) is 6.54 Å². The average molecular weight is 369 g/mol. The maximum atomic E-state index is 11.1. The van der Waals surface area contributed by atoms with Gasteiger partial charge in [-0.05, 0) is 22.0 Å². The van der Waals surface area contributed by atoms with Gasteiger partial charge >= 0.3 is 0 Å². The first kappa shape index (κ1) is 14.2. The minimum Gasteiger partial charge on any atom is -0.486 e. The highest BCUT2D eigenvalue weighted by molar-refractivity contribution is 9.10. The first-order chi connectivity index (χ1) is 10.1. The van der Waals surface area contributed by atoms with Crippen molar-refractivity contribution in [3.63, 3.8) is 0 Å². The highest BCUT2D eigenvalue weighted by Gasteiger charge is 2.15. The lowest BCUT2D eigenvalue weighted by Crippen LogP contribution is -2.15. The molecule has 21 heavy (non-hydrogen) atoms. The van der Waals surface area contributed by atoms with Gasteiger partial charge in [0.15, 0.2) is 11.5 Å². The Morgan fingerprint density at radius 3 is 2.67 bits per heavy atom. The van der Waals surface area contributed by atoms with E-state index in [0.717, 1.165) is 26.5 Å².